The van der Waals surface area contributed by atoms with E-state index >= 15 is 0 Å². The molecule has 0 spiro atoms. The van der Waals surface area contributed by atoms with Crippen LogP contribution in [0.4, 0.5) is 32.0 Å². The van der Waals surface area contributed by atoms with E-state index in [4.69, 9.17) is 0 Å². The van der Waals surface area contributed by atoms with E-state index in [-0.39, 0.29) is 22.2 Å². The van der Waals surface area contributed by atoms with Gasteiger partial charge in [-0.3, -0.25) is 4.79 Å². The van der Waals surface area contributed by atoms with Crippen molar-refractivity contribution in [2.45, 2.75) is 12.6 Å². The molecule has 2 N–H and O–H groups in total. The third-order valence-electron chi connectivity index (χ3n) is 3.66. The van der Waals surface area contributed by atoms with E-state index in [0.29, 0.717) is 0 Å². The molecular weight excluding hydrogens is 392 g/mol. The van der Waals surface area contributed by atoms with Gasteiger partial charge in [0.2, 0.25) is 5.88 Å². The molecule has 5 nitrogen and oxygen atoms in total. The second kappa shape index (κ2) is 7.41. The number of halogens is 6. The van der Waals surface area contributed by atoms with Crippen LogP contribution in [0.2, 0.25) is 0 Å². The summed E-state index contributed by atoms with van der Waals surface area (Å²) >= 11 is 0. The number of aromatic nitrogens is 2. The van der Waals surface area contributed by atoms with Gasteiger partial charge in [-0.25, -0.2) is 18.2 Å². The lowest BCUT2D eigenvalue weighted by Gasteiger charge is -2.09. The minimum atomic E-state index is -4.46. The first-order chi connectivity index (χ1) is 13.1. The van der Waals surface area contributed by atoms with Gasteiger partial charge >= 0.3 is 6.18 Å². The van der Waals surface area contributed by atoms with E-state index in [0.717, 1.165) is 24.4 Å². The second-order valence-electron chi connectivity index (χ2n) is 5.69. The number of benzene rings is 1. The third-order valence-corrected chi connectivity index (χ3v) is 3.66. The number of hydrogen-bond donors (Lipinski definition) is 2. The largest absolute Gasteiger partial charge is 0.475 e. The van der Waals surface area contributed by atoms with Gasteiger partial charge in [-0.15, -0.1) is 0 Å². The van der Waals surface area contributed by atoms with Crippen LogP contribution < -0.4 is 10.1 Å². The van der Waals surface area contributed by atoms with Crippen LogP contribution in [0.3, 0.4) is 0 Å². The van der Waals surface area contributed by atoms with Gasteiger partial charge in [0.1, 0.15) is 0 Å². The van der Waals surface area contributed by atoms with Crippen molar-refractivity contribution in [1.82, 2.24) is 9.97 Å². The van der Waals surface area contributed by atoms with Gasteiger partial charge in [-0.2, -0.15) is 13.2 Å². The summed E-state index contributed by atoms with van der Waals surface area (Å²) in [4.78, 5) is 18.4. The zero-order chi connectivity index (χ0) is 20.5. The Morgan fingerprint density at radius 3 is 2.50 bits per heavy atom. The Balaban J connectivity index is 1.73. The number of carbonyl (C=O) groups is 1. The predicted octanol–water partition coefficient (Wildman–Crippen LogP) is 4.56. The maximum absolute atomic E-state index is 13.9. The van der Waals surface area contributed by atoms with Crippen LogP contribution in [0.15, 0.2) is 30.6 Å². The number of anilines is 1. The van der Waals surface area contributed by atoms with Crippen molar-refractivity contribution < 1.29 is 35.9 Å². The number of nitrogens with zero attached hydrogens (tertiary/aromatic N) is 1. The number of aromatic amines is 1. The van der Waals surface area contributed by atoms with Gasteiger partial charge in [-0.05, 0) is 12.1 Å². The molecule has 2 aromatic heterocycles. The van der Waals surface area contributed by atoms with Gasteiger partial charge in [-0.1, -0.05) is 0 Å². The van der Waals surface area contributed by atoms with Crippen molar-refractivity contribution in [1.29, 1.82) is 0 Å². The summed E-state index contributed by atoms with van der Waals surface area (Å²) < 4.78 is 81.4. The van der Waals surface area contributed by atoms with Crippen LogP contribution in [0.5, 0.6) is 5.88 Å². The zero-order valence-corrected chi connectivity index (χ0v) is 13.8. The van der Waals surface area contributed by atoms with Gasteiger partial charge in [0.15, 0.2) is 17.5 Å². The first-order valence-electron chi connectivity index (χ1n) is 7.76. The predicted molar refractivity (Wildman–Crippen MR) is 86.5 cm³/mol. The third kappa shape index (κ3) is 4.35. The van der Waals surface area contributed by atoms with Crippen LogP contribution in [0, 0.1) is 17.5 Å². The van der Waals surface area contributed by atoms with E-state index in [2.05, 4.69) is 20.0 Å². The molecular formula is C17H11F6N3O2. The fourth-order valence-electron chi connectivity index (χ4n) is 2.33. The number of hydrogen-bond acceptors (Lipinski definition) is 3. The molecule has 1 amide bonds. The van der Waals surface area contributed by atoms with Crippen molar-refractivity contribution in [3.05, 3.63) is 53.6 Å². The minimum absolute atomic E-state index is 0.116. The Hall–Kier alpha value is -3.24. The lowest BCUT2D eigenvalue weighted by Crippen LogP contribution is -2.15. The van der Waals surface area contributed by atoms with Crippen molar-refractivity contribution in [2.24, 2.45) is 0 Å². The fraction of sp³-hybridized carbons (Fsp3) is 0.176. The Kier molecular flexibility index (Phi) is 5.16. The highest BCUT2D eigenvalue weighted by atomic mass is 19.4. The smallest absolute Gasteiger partial charge is 0.392 e. The molecule has 11 heteroatoms. The number of amides is 1. The van der Waals surface area contributed by atoms with E-state index in [1.165, 1.54) is 6.20 Å². The highest BCUT2D eigenvalue weighted by Gasteiger charge is 2.27. The molecule has 0 fully saturated rings. The number of ether oxygens (including phenoxy) is 1. The lowest BCUT2D eigenvalue weighted by molar-refractivity contribution is -0.139. The highest BCUT2D eigenvalue weighted by Crippen LogP contribution is 2.26. The molecule has 0 radical (unpaired) electrons. The van der Waals surface area contributed by atoms with Crippen LogP contribution in [0.25, 0.3) is 10.9 Å². The van der Waals surface area contributed by atoms with Gasteiger partial charge in [0.25, 0.3) is 5.91 Å². The number of pyridine rings is 1. The molecule has 0 atom stereocenters. The van der Waals surface area contributed by atoms with E-state index < -0.39 is 48.4 Å². The highest BCUT2D eigenvalue weighted by molar-refractivity contribution is 6.08. The Bertz CT molecular complexity index is 1030. The SMILES string of the molecule is O=C(Nc1c[nH]c2cc(F)c(F)cc12)c1cnc(OCCC(F)(F)F)c(F)c1. The van der Waals surface area contributed by atoms with Gasteiger partial charge < -0.3 is 15.0 Å². The first kappa shape index (κ1) is 19.5. The number of nitrogens with one attached hydrogen (secondary N) is 2. The molecule has 28 heavy (non-hydrogen) atoms. The van der Waals surface area contributed by atoms with Crippen LogP contribution in [0.1, 0.15) is 16.8 Å². The number of fused-ring (bicyclic) bond motifs is 1. The van der Waals surface area contributed by atoms with Gasteiger partial charge in [0, 0.05) is 23.8 Å². The first-order valence-corrected chi connectivity index (χ1v) is 7.76. The fourth-order valence-corrected chi connectivity index (χ4v) is 2.33. The molecule has 0 aliphatic rings. The molecule has 0 saturated carbocycles. The number of carbonyl (C=O) groups excluding carboxylic acids is 1. The molecule has 1 aromatic carbocycles. The summed E-state index contributed by atoms with van der Waals surface area (Å²) in [5.41, 5.74) is 0.0920. The average Bonchev–Trinajstić information content (AvgIpc) is 2.97. The maximum Gasteiger partial charge on any atom is 0.392 e. The summed E-state index contributed by atoms with van der Waals surface area (Å²) in [6.07, 6.45) is -3.54. The molecule has 148 valence electrons. The van der Waals surface area contributed by atoms with E-state index in [9.17, 15) is 31.1 Å². The Morgan fingerprint density at radius 2 is 1.82 bits per heavy atom. The van der Waals surface area contributed by atoms with Crippen LogP contribution in [-0.4, -0.2) is 28.7 Å². The van der Waals surface area contributed by atoms with Crippen molar-refractivity contribution in [3.63, 3.8) is 0 Å². The maximum atomic E-state index is 13.9. The molecule has 3 rings (SSSR count). The van der Waals surface area contributed by atoms with Gasteiger partial charge in [0.05, 0.1) is 29.8 Å². The molecule has 2 heterocycles. The lowest BCUT2D eigenvalue weighted by atomic mass is 10.2. The standard InChI is InChI=1S/C17H11F6N3O2/c18-10-4-9-13(5-11(10)19)24-7-14(9)26-15(27)8-3-12(20)16(25-6-8)28-2-1-17(21,22)23/h3-7,24H,1-2H2,(H,26,27). The topological polar surface area (TPSA) is 67.0 Å². The molecule has 0 aliphatic carbocycles. The molecule has 0 unspecified atom stereocenters. The number of rotatable bonds is 5. The van der Waals surface area contributed by atoms with E-state index in [1.807, 2.05) is 0 Å². The van der Waals surface area contributed by atoms with Crippen molar-refractivity contribution in [2.75, 3.05) is 11.9 Å². The normalized spacial score (nSPS) is 11.6. The average molecular weight is 403 g/mol. The van der Waals surface area contributed by atoms with Crippen molar-refractivity contribution >= 4 is 22.5 Å². The number of H-pyrrole nitrogens is 1. The Labute approximate surface area is 153 Å². The van der Waals surface area contributed by atoms with Crippen LogP contribution in [-0.2, 0) is 0 Å². The molecule has 0 bridgehead atoms. The summed E-state index contributed by atoms with van der Waals surface area (Å²) in [5, 5.41) is 2.57. The summed E-state index contributed by atoms with van der Waals surface area (Å²) in [5.74, 6) is -4.80. The summed E-state index contributed by atoms with van der Waals surface area (Å²) in [7, 11) is 0. The summed E-state index contributed by atoms with van der Waals surface area (Å²) in [6.45, 7) is -0.823. The van der Waals surface area contributed by atoms with Crippen molar-refractivity contribution in [3.8, 4) is 5.88 Å². The van der Waals surface area contributed by atoms with Crippen LogP contribution >= 0.6 is 0 Å². The Morgan fingerprint density at radius 1 is 1.11 bits per heavy atom. The number of alkyl halides is 3. The van der Waals surface area contributed by atoms with E-state index in [1.54, 1.807) is 0 Å². The summed E-state index contributed by atoms with van der Waals surface area (Å²) in [6, 6.07) is 2.53. The quantitative estimate of drug-likeness (QED) is 0.614. The monoisotopic (exact) mass is 403 g/mol. The minimum Gasteiger partial charge on any atom is -0.475 e. The zero-order valence-electron chi connectivity index (χ0n) is 13.8. The molecule has 0 aliphatic heterocycles. The molecule has 0 saturated heterocycles. The molecule has 3 aromatic rings. The second-order valence-corrected chi connectivity index (χ2v) is 5.69.